The highest BCUT2D eigenvalue weighted by molar-refractivity contribution is 5.33. The van der Waals surface area contributed by atoms with Crippen molar-refractivity contribution in [3.8, 4) is 0 Å². The molecular weight excluding hydrogens is 270 g/mol. The van der Waals surface area contributed by atoms with E-state index in [1.54, 1.807) is 11.1 Å². The van der Waals surface area contributed by atoms with Crippen molar-refractivity contribution in [2.45, 2.75) is 46.0 Å². The summed E-state index contributed by atoms with van der Waals surface area (Å²) in [6, 6.07) is 0. The minimum atomic E-state index is 0.331. The number of hydrogen-bond donors (Lipinski definition) is 1. The monoisotopic (exact) mass is 301 g/mol. The second-order valence-electron chi connectivity index (χ2n) is 6.66. The molecule has 0 aromatic rings. The largest absolute Gasteiger partial charge is 0.396 e. The molecule has 122 valence electrons. The number of aliphatic hydroxyl groups excluding tert-OH is 1. The van der Waals surface area contributed by atoms with Gasteiger partial charge in [-0.2, -0.15) is 0 Å². The van der Waals surface area contributed by atoms with Gasteiger partial charge in [-0.1, -0.05) is 55.7 Å². The first-order chi connectivity index (χ1) is 10.7. The van der Waals surface area contributed by atoms with E-state index in [1.165, 1.54) is 18.4 Å². The van der Waals surface area contributed by atoms with Gasteiger partial charge in [0.15, 0.2) is 0 Å². The third-order valence-electron chi connectivity index (χ3n) is 4.79. The van der Waals surface area contributed by atoms with Crippen LogP contribution in [-0.4, -0.2) is 36.2 Å². The Kier molecular flexibility index (Phi) is 7.14. The number of hydrogen-bond acceptors (Lipinski definition) is 2. The zero-order valence-electron chi connectivity index (χ0n) is 14.2. The summed E-state index contributed by atoms with van der Waals surface area (Å²) in [5, 5.41) is 8.87. The topological polar surface area (TPSA) is 23.5 Å². The summed E-state index contributed by atoms with van der Waals surface area (Å²) in [5.74, 6) is 0.591. The third-order valence-corrected chi connectivity index (χ3v) is 4.79. The summed E-state index contributed by atoms with van der Waals surface area (Å²) in [5.41, 5.74) is 4.57. The van der Waals surface area contributed by atoms with Crippen LogP contribution >= 0.6 is 0 Å². The molecule has 0 heterocycles. The maximum Gasteiger partial charge on any atom is 0.0431 e. The highest BCUT2D eigenvalue weighted by atomic mass is 16.2. The lowest BCUT2D eigenvalue weighted by Gasteiger charge is -2.25. The molecule has 0 saturated carbocycles. The van der Waals surface area contributed by atoms with E-state index >= 15 is 0 Å². The SMILES string of the molecule is CC1=C(CN(CCCCCCO)CC2=CC=CC2C)CC=C1. The summed E-state index contributed by atoms with van der Waals surface area (Å²) in [6.07, 6.45) is 17.0. The fraction of sp³-hybridized carbons (Fsp3) is 0.600. The predicted molar refractivity (Wildman–Crippen MR) is 94.8 cm³/mol. The van der Waals surface area contributed by atoms with Gasteiger partial charge in [0.2, 0.25) is 0 Å². The zero-order chi connectivity index (χ0) is 15.8. The molecule has 0 aromatic heterocycles. The average Bonchev–Trinajstić information content (AvgIpc) is 3.08. The van der Waals surface area contributed by atoms with E-state index in [0.717, 1.165) is 38.9 Å². The van der Waals surface area contributed by atoms with Crippen LogP contribution in [0.3, 0.4) is 0 Å². The molecule has 2 heteroatoms. The van der Waals surface area contributed by atoms with Crippen LogP contribution in [0.1, 0.15) is 46.0 Å². The Morgan fingerprint density at radius 2 is 2.00 bits per heavy atom. The van der Waals surface area contributed by atoms with Crippen LogP contribution in [0.4, 0.5) is 0 Å². The van der Waals surface area contributed by atoms with Crippen LogP contribution in [0.15, 0.2) is 47.1 Å². The molecule has 0 fully saturated rings. The van der Waals surface area contributed by atoms with Gasteiger partial charge >= 0.3 is 0 Å². The zero-order valence-corrected chi connectivity index (χ0v) is 14.2. The van der Waals surface area contributed by atoms with Gasteiger partial charge in [0.25, 0.3) is 0 Å². The summed E-state index contributed by atoms with van der Waals surface area (Å²) < 4.78 is 0. The normalized spacial score (nSPS) is 20.5. The molecule has 2 aliphatic rings. The number of allylic oxidation sites excluding steroid dienone is 6. The Morgan fingerprint density at radius 3 is 2.64 bits per heavy atom. The molecule has 2 rings (SSSR count). The maximum absolute atomic E-state index is 8.87. The first-order valence-corrected chi connectivity index (χ1v) is 8.76. The molecule has 0 aliphatic heterocycles. The lowest BCUT2D eigenvalue weighted by Crippen LogP contribution is -2.30. The van der Waals surface area contributed by atoms with Gasteiger partial charge in [-0.05, 0) is 49.8 Å². The Balaban J connectivity index is 1.84. The summed E-state index contributed by atoms with van der Waals surface area (Å²) in [4.78, 5) is 2.61. The molecule has 0 saturated heterocycles. The lowest BCUT2D eigenvalue weighted by molar-refractivity contribution is 0.275. The molecule has 0 aromatic carbocycles. The van der Waals surface area contributed by atoms with Gasteiger partial charge < -0.3 is 5.11 Å². The van der Waals surface area contributed by atoms with Crippen molar-refractivity contribution in [1.29, 1.82) is 0 Å². The van der Waals surface area contributed by atoms with E-state index in [4.69, 9.17) is 5.11 Å². The third kappa shape index (κ3) is 5.26. The molecule has 0 radical (unpaired) electrons. The predicted octanol–water partition coefficient (Wildman–Crippen LogP) is 4.25. The highest BCUT2D eigenvalue weighted by Gasteiger charge is 2.16. The van der Waals surface area contributed by atoms with E-state index in [-0.39, 0.29) is 0 Å². The number of unbranched alkanes of at least 4 members (excludes halogenated alkanes) is 3. The minimum Gasteiger partial charge on any atom is -0.396 e. The molecule has 1 atom stereocenters. The van der Waals surface area contributed by atoms with Crippen molar-refractivity contribution in [2.24, 2.45) is 5.92 Å². The van der Waals surface area contributed by atoms with Crippen LogP contribution in [0.5, 0.6) is 0 Å². The fourth-order valence-electron chi connectivity index (χ4n) is 3.21. The molecule has 2 nitrogen and oxygen atoms in total. The Hall–Kier alpha value is -1.12. The molecule has 22 heavy (non-hydrogen) atoms. The summed E-state index contributed by atoms with van der Waals surface area (Å²) >= 11 is 0. The van der Waals surface area contributed by atoms with E-state index in [2.05, 4.69) is 49.1 Å². The smallest absolute Gasteiger partial charge is 0.0431 e. The maximum atomic E-state index is 8.87. The fourth-order valence-corrected chi connectivity index (χ4v) is 3.21. The first kappa shape index (κ1) is 17.2. The number of nitrogens with zero attached hydrogens (tertiary/aromatic N) is 1. The van der Waals surface area contributed by atoms with Crippen molar-refractivity contribution in [3.63, 3.8) is 0 Å². The van der Waals surface area contributed by atoms with E-state index in [9.17, 15) is 0 Å². The van der Waals surface area contributed by atoms with Crippen LogP contribution in [-0.2, 0) is 0 Å². The minimum absolute atomic E-state index is 0.331. The molecule has 0 amide bonds. The quantitative estimate of drug-likeness (QED) is 0.610. The van der Waals surface area contributed by atoms with E-state index < -0.39 is 0 Å². The second-order valence-corrected chi connectivity index (χ2v) is 6.66. The van der Waals surface area contributed by atoms with Crippen molar-refractivity contribution >= 4 is 0 Å². The lowest BCUT2D eigenvalue weighted by atomic mass is 10.0. The highest BCUT2D eigenvalue weighted by Crippen LogP contribution is 2.23. The van der Waals surface area contributed by atoms with Crippen LogP contribution in [0.2, 0.25) is 0 Å². The summed E-state index contributed by atoms with van der Waals surface area (Å²) in [6.45, 7) is 8.20. The van der Waals surface area contributed by atoms with Gasteiger partial charge in [-0.3, -0.25) is 4.90 Å². The van der Waals surface area contributed by atoms with E-state index in [0.29, 0.717) is 12.5 Å². The van der Waals surface area contributed by atoms with Crippen molar-refractivity contribution in [2.75, 3.05) is 26.2 Å². The van der Waals surface area contributed by atoms with Crippen LogP contribution < -0.4 is 0 Å². The van der Waals surface area contributed by atoms with Crippen molar-refractivity contribution < 1.29 is 5.11 Å². The van der Waals surface area contributed by atoms with E-state index in [1.807, 2.05) is 0 Å². The molecular formula is C20H31NO. The molecule has 0 spiro atoms. The standard InChI is InChI=1S/C20H31NO/c1-17-9-7-11-19(17)15-21(13-5-3-4-6-14-22)16-20-12-8-10-18(20)2/h7-11,17,22H,3-6,12-16H2,1-2H3. The van der Waals surface area contributed by atoms with Crippen molar-refractivity contribution in [1.82, 2.24) is 4.90 Å². The van der Waals surface area contributed by atoms with Gasteiger partial charge in [0.1, 0.15) is 0 Å². The molecule has 0 bridgehead atoms. The first-order valence-electron chi connectivity index (χ1n) is 8.76. The van der Waals surface area contributed by atoms with Crippen molar-refractivity contribution in [3.05, 3.63) is 47.1 Å². The van der Waals surface area contributed by atoms with Crippen LogP contribution in [0, 0.1) is 5.92 Å². The Labute approximate surface area is 135 Å². The van der Waals surface area contributed by atoms with Gasteiger partial charge in [-0.15, -0.1) is 0 Å². The number of aliphatic hydroxyl groups is 1. The number of rotatable bonds is 10. The Bertz CT molecular complexity index is 470. The average molecular weight is 301 g/mol. The summed E-state index contributed by atoms with van der Waals surface area (Å²) in [7, 11) is 0. The molecule has 1 unspecified atom stereocenters. The van der Waals surface area contributed by atoms with Gasteiger partial charge in [-0.25, -0.2) is 0 Å². The molecule has 1 N–H and O–H groups in total. The second kappa shape index (κ2) is 9.12. The van der Waals surface area contributed by atoms with Gasteiger partial charge in [0, 0.05) is 19.7 Å². The van der Waals surface area contributed by atoms with Gasteiger partial charge in [0.05, 0.1) is 0 Å². The molecule has 2 aliphatic carbocycles. The van der Waals surface area contributed by atoms with Crippen LogP contribution in [0.25, 0.3) is 0 Å². The Morgan fingerprint density at radius 1 is 1.18 bits per heavy atom.